The SMILES string of the molecule is COC(=O)N(C)CCOCC(=O)OC[C@@H]1C=C(c2ccc(-c3ccc(N4C[C@H](Cn5ccnn5)OC4=O)cc3F)cn2)NO1. The molecule has 16 heteroatoms. The van der Waals surface area contributed by atoms with E-state index in [1.165, 1.54) is 35.4 Å². The summed E-state index contributed by atoms with van der Waals surface area (Å²) in [6.07, 6.45) is 4.38. The summed E-state index contributed by atoms with van der Waals surface area (Å²) in [4.78, 5) is 48.2. The zero-order chi connectivity index (χ0) is 31.1. The Labute approximate surface area is 251 Å². The number of hydrogen-bond acceptors (Lipinski definition) is 12. The number of methoxy groups -OCH3 is 1. The Balaban J connectivity index is 1.11. The van der Waals surface area contributed by atoms with Crippen molar-refractivity contribution >= 4 is 29.5 Å². The molecule has 0 saturated carbocycles. The number of amides is 2. The molecule has 0 aliphatic carbocycles. The van der Waals surface area contributed by atoms with Crippen LogP contribution >= 0.6 is 0 Å². The molecule has 15 nitrogen and oxygen atoms in total. The van der Waals surface area contributed by atoms with Crippen molar-refractivity contribution < 1.29 is 42.6 Å². The highest BCUT2D eigenvalue weighted by Crippen LogP contribution is 2.30. The second kappa shape index (κ2) is 13.9. The predicted molar refractivity (Wildman–Crippen MR) is 150 cm³/mol. The number of benzene rings is 1. The third-order valence-corrected chi connectivity index (χ3v) is 6.71. The molecule has 2 aliphatic heterocycles. The first kappa shape index (κ1) is 30.4. The normalized spacial score (nSPS) is 17.6. The predicted octanol–water partition coefficient (Wildman–Crippen LogP) is 2.01. The molecule has 2 aliphatic rings. The molecule has 232 valence electrons. The standard InChI is InChI=1S/C28H30FN7O8/c1-34(27(38)40-2)9-10-41-17-26(37)42-16-20-12-25(32-44-20)24-6-3-18(13-30-24)22-5-4-19(11-23(22)29)36-15-21(43-28(36)39)14-35-8-7-31-33-35/h3-8,11-13,20-21,32H,9-10,14-17H2,1-2H3/t20-,21-/m0/s1. The van der Waals surface area contributed by atoms with E-state index in [1.54, 1.807) is 48.3 Å². The molecule has 5 rings (SSSR count). The van der Waals surface area contributed by atoms with Crippen molar-refractivity contribution in [1.29, 1.82) is 0 Å². The third-order valence-electron chi connectivity index (χ3n) is 6.71. The summed E-state index contributed by atoms with van der Waals surface area (Å²) in [5.74, 6) is -1.10. The van der Waals surface area contributed by atoms with Gasteiger partial charge in [0.25, 0.3) is 0 Å². The number of aromatic nitrogens is 4. The largest absolute Gasteiger partial charge is 0.461 e. The number of rotatable bonds is 12. The maximum atomic E-state index is 15.2. The minimum absolute atomic E-state index is 0.0534. The maximum Gasteiger partial charge on any atom is 0.414 e. The van der Waals surface area contributed by atoms with Crippen molar-refractivity contribution in [2.45, 2.75) is 18.8 Å². The minimum atomic E-state index is -0.583. The van der Waals surface area contributed by atoms with Crippen LogP contribution in [-0.4, -0.2) is 102 Å². The van der Waals surface area contributed by atoms with E-state index >= 15 is 4.39 Å². The molecule has 44 heavy (non-hydrogen) atoms. The summed E-state index contributed by atoms with van der Waals surface area (Å²) >= 11 is 0. The van der Waals surface area contributed by atoms with Gasteiger partial charge in [0.2, 0.25) is 0 Å². The van der Waals surface area contributed by atoms with Gasteiger partial charge in [0.05, 0.1) is 50.1 Å². The molecule has 1 saturated heterocycles. The van der Waals surface area contributed by atoms with Crippen molar-refractivity contribution in [3.63, 3.8) is 0 Å². The summed E-state index contributed by atoms with van der Waals surface area (Å²) < 4.78 is 37.1. The first-order valence-electron chi connectivity index (χ1n) is 13.5. The first-order chi connectivity index (χ1) is 21.3. The Kier molecular flexibility index (Phi) is 9.61. The zero-order valence-electron chi connectivity index (χ0n) is 23.9. The van der Waals surface area contributed by atoms with Crippen LogP contribution in [0.15, 0.2) is 55.0 Å². The molecule has 1 N–H and O–H groups in total. The molecule has 4 heterocycles. The smallest absolute Gasteiger partial charge is 0.414 e. The Morgan fingerprint density at radius 1 is 1.25 bits per heavy atom. The van der Waals surface area contributed by atoms with E-state index in [-0.39, 0.29) is 32.9 Å². The number of carbonyl (C=O) groups excluding carboxylic acids is 3. The highest BCUT2D eigenvalue weighted by Gasteiger charge is 2.33. The molecule has 0 bridgehead atoms. The van der Waals surface area contributed by atoms with E-state index in [9.17, 15) is 14.4 Å². The summed E-state index contributed by atoms with van der Waals surface area (Å²) in [7, 11) is 2.83. The summed E-state index contributed by atoms with van der Waals surface area (Å²) in [6, 6.07) is 7.93. The van der Waals surface area contributed by atoms with Crippen molar-refractivity contribution in [2.75, 3.05) is 52.0 Å². The number of halogens is 1. The van der Waals surface area contributed by atoms with Gasteiger partial charge in [-0.1, -0.05) is 11.3 Å². The molecule has 1 fully saturated rings. The summed E-state index contributed by atoms with van der Waals surface area (Å²) in [5.41, 5.74) is 5.08. The van der Waals surface area contributed by atoms with Gasteiger partial charge in [0, 0.05) is 37.1 Å². The van der Waals surface area contributed by atoms with Gasteiger partial charge in [-0.3, -0.25) is 20.2 Å². The van der Waals surface area contributed by atoms with Gasteiger partial charge in [-0.15, -0.1) is 5.10 Å². The van der Waals surface area contributed by atoms with Crippen LogP contribution in [0.1, 0.15) is 5.69 Å². The van der Waals surface area contributed by atoms with Crippen LogP contribution in [0.5, 0.6) is 0 Å². The van der Waals surface area contributed by atoms with Crippen LogP contribution in [0.4, 0.5) is 19.7 Å². The van der Waals surface area contributed by atoms with Crippen molar-refractivity contribution in [3.8, 4) is 11.1 Å². The second-order valence-electron chi connectivity index (χ2n) is 9.80. The number of ether oxygens (including phenoxy) is 4. The van der Waals surface area contributed by atoms with Crippen molar-refractivity contribution in [1.82, 2.24) is 30.4 Å². The van der Waals surface area contributed by atoms with Gasteiger partial charge in [0.15, 0.2) is 0 Å². The van der Waals surface area contributed by atoms with Crippen LogP contribution in [-0.2, 0) is 35.1 Å². The van der Waals surface area contributed by atoms with Crippen molar-refractivity contribution in [2.24, 2.45) is 0 Å². The number of carbonyl (C=O) groups is 3. The van der Waals surface area contributed by atoms with Gasteiger partial charge < -0.3 is 23.8 Å². The number of esters is 1. The first-order valence-corrected chi connectivity index (χ1v) is 13.5. The van der Waals surface area contributed by atoms with Gasteiger partial charge in [-0.2, -0.15) is 0 Å². The molecule has 1 aromatic carbocycles. The highest BCUT2D eigenvalue weighted by atomic mass is 19.1. The highest BCUT2D eigenvalue weighted by molar-refractivity contribution is 5.90. The van der Waals surface area contributed by atoms with E-state index < -0.39 is 36.2 Å². The Morgan fingerprint density at radius 2 is 2.11 bits per heavy atom. The molecule has 0 spiro atoms. The van der Waals surface area contributed by atoms with Crippen LogP contribution in [0.2, 0.25) is 0 Å². The number of likely N-dealkylation sites (N-methyl/N-ethyl adjacent to an activating group) is 1. The molecular formula is C28H30FN7O8. The van der Waals surface area contributed by atoms with Crippen LogP contribution < -0.4 is 10.4 Å². The number of nitrogens with one attached hydrogen (secondary N) is 1. The zero-order valence-corrected chi connectivity index (χ0v) is 23.9. The minimum Gasteiger partial charge on any atom is -0.461 e. The number of anilines is 1. The lowest BCUT2D eigenvalue weighted by molar-refractivity contribution is -0.152. The van der Waals surface area contributed by atoms with Gasteiger partial charge >= 0.3 is 18.2 Å². The van der Waals surface area contributed by atoms with Crippen LogP contribution in [0.3, 0.4) is 0 Å². The Hall–Kier alpha value is -5.09. The van der Waals surface area contributed by atoms with Crippen LogP contribution in [0.25, 0.3) is 16.8 Å². The number of hydrogen-bond donors (Lipinski definition) is 1. The maximum absolute atomic E-state index is 15.2. The Bertz CT molecular complexity index is 1500. The molecule has 3 aromatic rings. The number of pyridine rings is 1. The fourth-order valence-corrected chi connectivity index (χ4v) is 4.42. The molecule has 0 radical (unpaired) electrons. The number of hydroxylamine groups is 1. The molecule has 0 unspecified atom stereocenters. The van der Waals surface area contributed by atoms with E-state index in [4.69, 9.17) is 19.0 Å². The Morgan fingerprint density at radius 3 is 2.84 bits per heavy atom. The lowest BCUT2D eigenvalue weighted by Gasteiger charge is -2.15. The second-order valence-corrected chi connectivity index (χ2v) is 9.80. The lowest BCUT2D eigenvalue weighted by Crippen LogP contribution is -2.30. The summed E-state index contributed by atoms with van der Waals surface area (Å²) in [6.45, 7) is 0.661. The molecular weight excluding hydrogens is 581 g/mol. The monoisotopic (exact) mass is 611 g/mol. The van der Waals surface area contributed by atoms with Crippen LogP contribution in [0, 0.1) is 5.82 Å². The fraction of sp³-hybridized carbons (Fsp3) is 0.357. The number of cyclic esters (lactones) is 1. The van der Waals surface area contributed by atoms with Gasteiger partial charge in [0.1, 0.15) is 31.2 Å². The summed E-state index contributed by atoms with van der Waals surface area (Å²) in [5, 5.41) is 7.61. The van der Waals surface area contributed by atoms with E-state index in [0.717, 1.165) is 0 Å². The molecule has 2 atom stereocenters. The topological polar surface area (TPSA) is 159 Å². The molecule has 2 amide bonds. The average molecular weight is 612 g/mol. The number of nitrogens with zero attached hydrogens (tertiary/aromatic N) is 6. The van der Waals surface area contributed by atoms with Gasteiger partial charge in [-0.25, -0.2) is 23.5 Å². The average Bonchev–Trinajstić information content (AvgIpc) is 3.80. The van der Waals surface area contributed by atoms with E-state index in [0.29, 0.717) is 34.8 Å². The molecule has 2 aromatic heterocycles. The fourth-order valence-electron chi connectivity index (χ4n) is 4.42. The van der Waals surface area contributed by atoms with Crippen molar-refractivity contribution in [3.05, 3.63) is 66.5 Å². The van der Waals surface area contributed by atoms with E-state index in [2.05, 4.69) is 25.5 Å². The van der Waals surface area contributed by atoms with E-state index in [1.807, 2.05) is 0 Å². The third kappa shape index (κ3) is 7.45. The lowest BCUT2D eigenvalue weighted by atomic mass is 10.1. The quantitative estimate of drug-likeness (QED) is 0.181. The van der Waals surface area contributed by atoms with Gasteiger partial charge in [-0.05, 0) is 30.3 Å².